The number of amides is 1. The summed E-state index contributed by atoms with van der Waals surface area (Å²) in [5, 5.41) is 9.32. The molecule has 0 N–H and O–H groups in total. The van der Waals surface area contributed by atoms with Gasteiger partial charge in [0.25, 0.3) is 5.91 Å². The molecule has 1 aromatic carbocycles. The molecule has 0 aromatic heterocycles. The molecule has 86 valence electrons. The van der Waals surface area contributed by atoms with E-state index in [4.69, 9.17) is 0 Å². The van der Waals surface area contributed by atoms with Gasteiger partial charge in [-0.1, -0.05) is 30.0 Å². The molecule has 1 aliphatic rings. The van der Waals surface area contributed by atoms with E-state index in [1.165, 1.54) is 11.8 Å². The second-order valence-electron chi connectivity index (χ2n) is 3.87. The minimum absolute atomic E-state index is 0.177. The molecular formula is C13H12N2OS. The van der Waals surface area contributed by atoms with Crippen molar-refractivity contribution in [3.8, 4) is 6.07 Å². The number of rotatable bonds is 2. The molecule has 0 aliphatic carbocycles. The van der Waals surface area contributed by atoms with Crippen LogP contribution in [0.4, 0.5) is 5.69 Å². The van der Waals surface area contributed by atoms with Crippen molar-refractivity contribution in [3.63, 3.8) is 0 Å². The van der Waals surface area contributed by atoms with Crippen molar-refractivity contribution < 1.29 is 4.79 Å². The standard InChI is InChI=1S/C13H12N2OS/c1-3-8-13(9-14)12(16)15(2)10-6-4-5-7-11(10)17-13/h3-7H,1,8H2,2H3. The first-order chi connectivity index (χ1) is 8.14. The quantitative estimate of drug-likeness (QED) is 0.751. The van der Waals surface area contributed by atoms with Crippen molar-refractivity contribution in [1.82, 2.24) is 0 Å². The third-order valence-electron chi connectivity index (χ3n) is 2.77. The van der Waals surface area contributed by atoms with E-state index in [1.54, 1.807) is 18.0 Å². The Morgan fingerprint density at radius 3 is 2.94 bits per heavy atom. The number of anilines is 1. The van der Waals surface area contributed by atoms with Gasteiger partial charge in [-0.25, -0.2) is 0 Å². The summed E-state index contributed by atoms with van der Waals surface area (Å²) >= 11 is 1.32. The topological polar surface area (TPSA) is 44.1 Å². The highest BCUT2D eigenvalue weighted by atomic mass is 32.2. The Labute approximate surface area is 105 Å². The lowest BCUT2D eigenvalue weighted by Crippen LogP contribution is -2.47. The third-order valence-corrected chi connectivity index (χ3v) is 4.12. The Balaban J connectivity index is 2.54. The second-order valence-corrected chi connectivity index (χ2v) is 5.21. The molecule has 0 saturated carbocycles. The van der Waals surface area contributed by atoms with E-state index in [0.717, 1.165) is 10.6 Å². The number of nitriles is 1. The summed E-state index contributed by atoms with van der Waals surface area (Å²) in [6.45, 7) is 3.63. The maximum absolute atomic E-state index is 12.3. The minimum atomic E-state index is -1.06. The summed E-state index contributed by atoms with van der Waals surface area (Å²) in [6.07, 6.45) is 1.97. The van der Waals surface area contributed by atoms with Crippen molar-refractivity contribution in [1.29, 1.82) is 5.26 Å². The summed E-state index contributed by atoms with van der Waals surface area (Å²) in [5.74, 6) is -0.177. The molecule has 4 heteroatoms. The molecule has 0 bridgehead atoms. The molecule has 1 aliphatic heterocycles. The molecule has 1 unspecified atom stereocenters. The minimum Gasteiger partial charge on any atom is -0.312 e. The summed E-state index contributed by atoms with van der Waals surface area (Å²) in [6, 6.07) is 9.75. The number of allylic oxidation sites excluding steroid dienone is 1. The number of nitrogens with zero attached hydrogens (tertiary/aromatic N) is 2. The lowest BCUT2D eigenvalue weighted by atomic mass is 10.0. The van der Waals surface area contributed by atoms with E-state index in [1.807, 2.05) is 24.3 Å². The van der Waals surface area contributed by atoms with Crippen LogP contribution in [0.1, 0.15) is 6.42 Å². The number of hydrogen-bond acceptors (Lipinski definition) is 3. The fourth-order valence-corrected chi connectivity index (χ4v) is 3.18. The maximum atomic E-state index is 12.3. The molecule has 17 heavy (non-hydrogen) atoms. The van der Waals surface area contributed by atoms with E-state index >= 15 is 0 Å². The molecule has 0 radical (unpaired) electrons. The Morgan fingerprint density at radius 2 is 2.29 bits per heavy atom. The predicted octanol–water partition coefficient (Wildman–Crippen LogP) is 2.59. The number of fused-ring (bicyclic) bond motifs is 1. The average molecular weight is 244 g/mol. The highest BCUT2D eigenvalue weighted by Gasteiger charge is 2.45. The lowest BCUT2D eigenvalue weighted by molar-refractivity contribution is -0.119. The first kappa shape index (κ1) is 11.7. The maximum Gasteiger partial charge on any atom is 0.258 e. The van der Waals surface area contributed by atoms with Gasteiger partial charge in [0.15, 0.2) is 4.75 Å². The molecule has 1 amide bonds. The van der Waals surface area contributed by atoms with Crippen LogP contribution in [0.15, 0.2) is 41.8 Å². The van der Waals surface area contributed by atoms with Crippen LogP contribution in [-0.2, 0) is 4.79 Å². The zero-order valence-corrected chi connectivity index (χ0v) is 10.3. The number of carbonyl (C=O) groups excluding carboxylic acids is 1. The van der Waals surface area contributed by atoms with Gasteiger partial charge in [-0.05, 0) is 12.1 Å². The van der Waals surface area contributed by atoms with Crippen molar-refractivity contribution in [2.24, 2.45) is 0 Å². The Bertz CT molecular complexity index is 520. The molecule has 0 saturated heterocycles. The van der Waals surface area contributed by atoms with E-state index in [9.17, 15) is 10.1 Å². The number of hydrogen-bond donors (Lipinski definition) is 0. The van der Waals surface area contributed by atoms with E-state index in [0.29, 0.717) is 6.42 Å². The van der Waals surface area contributed by atoms with E-state index in [2.05, 4.69) is 12.6 Å². The van der Waals surface area contributed by atoms with Crippen molar-refractivity contribution in [2.45, 2.75) is 16.1 Å². The fraction of sp³-hybridized carbons (Fsp3) is 0.231. The molecule has 1 aromatic rings. The van der Waals surface area contributed by atoms with Gasteiger partial charge < -0.3 is 4.90 Å². The SMILES string of the molecule is C=CCC1(C#N)Sc2ccccc2N(C)C1=O. The largest absolute Gasteiger partial charge is 0.312 e. The summed E-state index contributed by atoms with van der Waals surface area (Å²) in [5.41, 5.74) is 0.859. The molecule has 1 atom stereocenters. The Hall–Kier alpha value is -1.73. The van der Waals surface area contributed by atoms with Crippen LogP contribution in [0, 0.1) is 11.3 Å². The lowest BCUT2D eigenvalue weighted by Gasteiger charge is -2.35. The first-order valence-corrected chi connectivity index (χ1v) is 6.04. The van der Waals surface area contributed by atoms with Gasteiger partial charge in [-0.3, -0.25) is 4.79 Å². The van der Waals surface area contributed by atoms with Gasteiger partial charge in [0.05, 0.1) is 11.8 Å². The molecule has 3 nitrogen and oxygen atoms in total. The predicted molar refractivity (Wildman–Crippen MR) is 68.9 cm³/mol. The third kappa shape index (κ3) is 1.73. The summed E-state index contributed by atoms with van der Waals surface area (Å²) < 4.78 is -1.06. The first-order valence-electron chi connectivity index (χ1n) is 5.23. The Morgan fingerprint density at radius 1 is 1.59 bits per heavy atom. The molecule has 0 fully saturated rings. The summed E-state index contributed by atoms with van der Waals surface area (Å²) in [7, 11) is 1.70. The van der Waals surface area contributed by atoms with Crippen LogP contribution in [0.5, 0.6) is 0 Å². The normalized spacial score (nSPS) is 22.8. The van der Waals surface area contributed by atoms with Crippen molar-refractivity contribution in [3.05, 3.63) is 36.9 Å². The van der Waals surface area contributed by atoms with E-state index < -0.39 is 4.75 Å². The van der Waals surface area contributed by atoms with Crippen molar-refractivity contribution >= 4 is 23.4 Å². The Kier molecular flexibility index (Phi) is 2.95. The molecule has 0 spiro atoms. The fourth-order valence-electron chi connectivity index (χ4n) is 1.88. The zero-order chi connectivity index (χ0) is 12.5. The monoisotopic (exact) mass is 244 g/mol. The smallest absolute Gasteiger partial charge is 0.258 e. The highest BCUT2D eigenvalue weighted by Crippen LogP contribution is 2.46. The molecular weight excluding hydrogens is 232 g/mol. The van der Waals surface area contributed by atoms with Gasteiger partial charge in [0.1, 0.15) is 0 Å². The van der Waals surface area contributed by atoms with Crippen LogP contribution < -0.4 is 4.90 Å². The average Bonchev–Trinajstić information content (AvgIpc) is 2.36. The van der Waals surface area contributed by atoms with Crippen LogP contribution >= 0.6 is 11.8 Å². The number of para-hydroxylation sites is 1. The summed E-state index contributed by atoms with van der Waals surface area (Å²) in [4.78, 5) is 14.8. The van der Waals surface area contributed by atoms with Crippen LogP contribution in [0.25, 0.3) is 0 Å². The van der Waals surface area contributed by atoms with Crippen LogP contribution in [-0.4, -0.2) is 17.7 Å². The van der Waals surface area contributed by atoms with Gasteiger partial charge in [0, 0.05) is 18.4 Å². The van der Waals surface area contributed by atoms with Gasteiger partial charge in [0.2, 0.25) is 0 Å². The number of thioether (sulfide) groups is 1. The number of carbonyl (C=O) groups is 1. The second kappa shape index (κ2) is 4.27. The van der Waals surface area contributed by atoms with E-state index in [-0.39, 0.29) is 5.91 Å². The van der Waals surface area contributed by atoms with Crippen LogP contribution in [0.3, 0.4) is 0 Å². The molecule has 1 heterocycles. The highest BCUT2D eigenvalue weighted by molar-refractivity contribution is 8.02. The van der Waals surface area contributed by atoms with Gasteiger partial charge >= 0.3 is 0 Å². The zero-order valence-electron chi connectivity index (χ0n) is 9.51. The van der Waals surface area contributed by atoms with Gasteiger partial charge in [-0.2, -0.15) is 5.26 Å². The van der Waals surface area contributed by atoms with Crippen molar-refractivity contribution in [2.75, 3.05) is 11.9 Å². The number of benzene rings is 1. The van der Waals surface area contributed by atoms with Gasteiger partial charge in [-0.15, -0.1) is 6.58 Å². The van der Waals surface area contributed by atoms with Crippen LogP contribution in [0.2, 0.25) is 0 Å². The molecule has 2 rings (SSSR count).